The number of hydrogen-bond acceptors (Lipinski definition) is 3. The van der Waals surface area contributed by atoms with Gasteiger partial charge in [0.2, 0.25) is 0 Å². The average Bonchev–Trinajstić information content (AvgIpc) is 2.37. The molecule has 0 spiro atoms. The first-order valence-electron chi connectivity index (χ1n) is 5.99. The third-order valence-corrected chi connectivity index (χ3v) is 2.49. The molecule has 0 aliphatic rings. The van der Waals surface area contributed by atoms with Gasteiger partial charge in [0.15, 0.2) is 0 Å². The molecule has 5 heteroatoms. The summed E-state index contributed by atoms with van der Waals surface area (Å²) in [5.74, 6) is 1.11. The minimum atomic E-state index is -0.203. The monoisotopic (exact) mass is 251 g/mol. The summed E-state index contributed by atoms with van der Waals surface area (Å²) in [6.07, 6.45) is 0. The van der Waals surface area contributed by atoms with Gasteiger partial charge >= 0.3 is 6.03 Å². The van der Waals surface area contributed by atoms with Crippen LogP contribution in [0.15, 0.2) is 24.3 Å². The van der Waals surface area contributed by atoms with Crippen molar-refractivity contribution >= 4 is 11.7 Å². The van der Waals surface area contributed by atoms with Crippen molar-refractivity contribution in [3.63, 3.8) is 0 Å². The highest BCUT2D eigenvalue weighted by molar-refractivity contribution is 5.89. The molecule has 0 saturated heterocycles. The molecular formula is C13H21N3O2. The Balaban J connectivity index is 2.39. The first kappa shape index (κ1) is 14.3. The summed E-state index contributed by atoms with van der Waals surface area (Å²) in [5, 5.41) is 8.65. The number of carbonyl (C=O) groups is 1. The summed E-state index contributed by atoms with van der Waals surface area (Å²) in [4.78, 5) is 11.6. The van der Waals surface area contributed by atoms with Crippen LogP contribution in [0, 0.1) is 5.92 Å². The molecule has 0 heterocycles. The van der Waals surface area contributed by atoms with E-state index < -0.39 is 0 Å². The highest BCUT2D eigenvalue weighted by Crippen LogP contribution is 2.16. The van der Waals surface area contributed by atoms with Gasteiger partial charge in [-0.05, 0) is 31.6 Å². The number of nitrogens with one attached hydrogen (secondary N) is 3. The second-order valence-electron chi connectivity index (χ2n) is 4.23. The molecule has 1 atom stereocenters. The van der Waals surface area contributed by atoms with E-state index in [0.717, 1.165) is 12.3 Å². The Bertz CT molecular complexity index is 382. The van der Waals surface area contributed by atoms with Crippen LogP contribution in [-0.4, -0.2) is 33.3 Å². The Labute approximate surface area is 108 Å². The molecule has 0 radical (unpaired) electrons. The van der Waals surface area contributed by atoms with E-state index in [1.807, 2.05) is 25.2 Å². The molecule has 3 N–H and O–H groups in total. The van der Waals surface area contributed by atoms with Gasteiger partial charge in [-0.15, -0.1) is 0 Å². The molecule has 0 saturated carbocycles. The summed E-state index contributed by atoms with van der Waals surface area (Å²) in [6.45, 7) is 3.58. The maximum absolute atomic E-state index is 11.6. The van der Waals surface area contributed by atoms with Crippen LogP contribution >= 0.6 is 0 Å². The Morgan fingerprint density at radius 1 is 1.39 bits per heavy atom. The van der Waals surface area contributed by atoms with Crippen LogP contribution in [0.1, 0.15) is 6.92 Å². The van der Waals surface area contributed by atoms with Crippen molar-refractivity contribution in [3.05, 3.63) is 24.3 Å². The highest BCUT2D eigenvalue weighted by atomic mass is 16.5. The van der Waals surface area contributed by atoms with Gasteiger partial charge < -0.3 is 20.7 Å². The molecule has 2 amide bonds. The number of carbonyl (C=O) groups excluding carboxylic acids is 1. The van der Waals surface area contributed by atoms with Crippen molar-refractivity contribution in [3.8, 4) is 5.75 Å². The van der Waals surface area contributed by atoms with Crippen molar-refractivity contribution in [2.75, 3.05) is 32.6 Å². The van der Waals surface area contributed by atoms with Crippen molar-refractivity contribution in [1.82, 2.24) is 10.6 Å². The van der Waals surface area contributed by atoms with Crippen LogP contribution in [0.4, 0.5) is 10.5 Å². The van der Waals surface area contributed by atoms with Crippen LogP contribution in [0.2, 0.25) is 0 Å². The van der Waals surface area contributed by atoms with E-state index in [-0.39, 0.29) is 6.03 Å². The highest BCUT2D eigenvalue weighted by Gasteiger charge is 2.05. The number of anilines is 1. The summed E-state index contributed by atoms with van der Waals surface area (Å²) in [7, 11) is 3.49. The van der Waals surface area contributed by atoms with E-state index in [9.17, 15) is 4.79 Å². The molecule has 5 nitrogen and oxygen atoms in total. The van der Waals surface area contributed by atoms with E-state index in [0.29, 0.717) is 18.2 Å². The number of rotatable bonds is 6. The third kappa shape index (κ3) is 5.05. The fraction of sp³-hybridized carbons (Fsp3) is 0.462. The predicted molar refractivity (Wildman–Crippen MR) is 73.1 cm³/mol. The topological polar surface area (TPSA) is 62.4 Å². The molecule has 18 heavy (non-hydrogen) atoms. The van der Waals surface area contributed by atoms with Gasteiger partial charge in [0.1, 0.15) is 5.75 Å². The minimum Gasteiger partial charge on any atom is -0.497 e. The molecule has 0 aliphatic carbocycles. The van der Waals surface area contributed by atoms with Gasteiger partial charge in [0.05, 0.1) is 7.11 Å². The Hall–Kier alpha value is -1.75. The van der Waals surface area contributed by atoms with Gasteiger partial charge in [0.25, 0.3) is 0 Å². The zero-order chi connectivity index (χ0) is 13.4. The number of methoxy groups -OCH3 is 1. The lowest BCUT2D eigenvalue weighted by Gasteiger charge is -2.13. The fourth-order valence-electron chi connectivity index (χ4n) is 1.56. The maximum Gasteiger partial charge on any atom is 0.319 e. The number of ether oxygens (including phenoxy) is 1. The summed E-state index contributed by atoms with van der Waals surface area (Å²) in [6, 6.07) is 7.05. The van der Waals surface area contributed by atoms with Gasteiger partial charge in [-0.2, -0.15) is 0 Å². The predicted octanol–water partition coefficient (Wildman–Crippen LogP) is 1.67. The van der Waals surface area contributed by atoms with Crippen LogP contribution in [0.5, 0.6) is 5.75 Å². The number of hydrogen-bond donors (Lipinski definition) is 3. The molecule has 0 aliphatic heterocycles. The number of amides is 2. The quantitative estimate of drug-likeness (QED) is 0.720. The molecule has 0 aromatic heterocycles. The molecule has 0 bridgehead atoms. The van der Waals surface area contributed by atoms with Gasteiger partial charge in [-0.1, -0.05) is 13.0 Å². The lowest BCUT2D eigenvalue weighted by Crippen LogP contribution is -2.35. The fourth-order valence-corrected chi connectivity index (χ4v) is 1.56. The summed E-state index contributed by atoms with van der Waals surface area (Å²) < 4.78 is 5.09. The van der Waals surface area contributed by atoms with Crippen LogP contribution < -0.4 is 20.7 Å². The van der Waals surface area contributed by atoms with Gasteiger partial charge in [-0.25, -0.2) is 4.79 Å². The smallest absolute Gasteiger partial charge is 0.319 e. The van der Waals surface area contributed by atoms with Gasteiger partial charge in [-0.3, -0.25) is 0 Å². The van der Waals surface area contributed by atoms with Crippen LogP contribution in [0.25, 0.3) is 0 Å². The third-order valence-electron chi connectivity index (χ3n) is 2.49. The zero-order valence-corrected chi connectivity index (χ0v) is 11.1. The Morgan fingerprint density at radius 2 is 2.17 bits per heavy atom. The molecular weight excluding hydrogens is 230 g/mol. The van der Waals surface area contributed by atoms with Gasteiger partial charge in [0, 0.05) is 18.3 Å². The first-order valence-corrected chi connectivity index (χ1v) is 5.99. The number of urea groups is 1. The van der Waals surface area contributed by atoms with Crippen molar-refractivity contribution in [2.24, 2.45) is 5.92 Å². The molecule has 100 valence electrons. The molecule has 1 unspecified atom stereocenters. The Kier molecular flexibility index (Phi) is 6.00. The van der Waals surface area contributed by atoms with E-state index in [2.05, 4.69) is 22.9 Å². The molecule has 1 aromatic rings. The standard InChI is InChI=1S/C13H21N3O2/c1-10(8-14-2)9-15-13(17)16-11-5-4-6-12(7-11)18-3/h4-7,10,14H,8-9H2,1-3H3,(H2,15,16,17). The average molecular weight is 251 g/mol. The van der Waals surface area contributed by atoms with Crippen LogP contribution in [-0.2, 0) is 0 Å². The normalized spacial score (nSPS) is 11.7. The lowest BCUT2D eigenvalue weighted by molar-refractivity contribution is 0.250. The zero-order valence-electron chi connectivity index (χ0n) is 11.1. The first-order chi connectivity index (χ1) is 8.65. The second-order valence-corrected chi connectivity index (χ2v) is 4.23. The van der Waals surface area contributed by atoms with Crippen molar-refractivity contribution in [1.29, 1.82) is 0 Å². The van der Waals surface area contributed by atoms with Crippen molar-refractivity contribution < 1.29 is 9.53 Å². The van der Waals surface area contributed by atoms with E-state index in [1.165, 1.54) is 0 Å². The Morgan fingerprint density at radius 3 is 2.83 bits per heavy atom. The lowest BCUT2D eigenvalue weighted by atomic mass is 10.2. The maximum atomic E-state index is 11.6. The summed E-state index contributed by atoms with van der Waals surface area (Å²) in [5.41, 5.74) is 0.716. The van der Waals surface area contributed by atoms with Crippen molar-refractivity contribution in [2.45, 2.75) is 6.92 Å². The second kappa shape index (κ2) is 7.55. The van der Waals surface area contributed by atoms with Crippen LogP contribution in [0.3, 0.4) is 0 Å². The molecule has 1 rings (SSSR count). The summed E-state index contributed by atoms with van der Waals surface area (Å²) >= 11 is 0. The molecule has 0 fully saturated rings. The molecule has 1 aromatic carbocycles. The van der Waals surface area contributed by atoms with E-state index in [4.69, 9.17) is 4.74 Å². The SMILES string of the molecule is CNCC(C)CNC(=O)Nc1cccc(OC)c1. The largest absolute Gasteiger partial charge is 0.497 e. The van der Waals surface area contributed by atoms with E-state index in [1.54, 1.807) is 13.2 Å². The van der Waals surface area contributed by atoms with E-state index >= 15 is 0 Å². The number of benzene rings is 1. The minimum absolute atomic E-state index is 0.203.